The van der Waals surface area contributed by atoms with E-state index >= 15 is 0 Å². The summed E-state index contributed by atoms with van der Waals surface area (Å²) in [5, 5.41) is 1.55. The number of thioether (sulfide) groups is 1. The number of nitrogens with zero attached hydrogens (tertiary/aromatic N) is 3. The van der Waals surface area contributed by atoms with Gasteiger partial charge in [0.05, 0.1) is 11.1 Å². The van der Waals surface area contributed by atoms with Gasteiger partial charge in [0.25, 0.3) is 0 Å². The molecular weight excluding hydrogens is 316 g/mol. The number of likely N-dealkylation sites (tertiary alicyclic amines) is 1. The number of carbonyl (C=O) groups is 1. The zero-order valence-electron chi connectivity index (χ0n) is 12.9. The number of piperidine rings is 1. The fraction of sp³-hybridized carbons (Fsp3) is 0.533. The standard InChI is InChI=1S/C15H20N4OS2/c1-9-10(2)22-14-12(9)13(16)17-15(18-14)21-8-11(20)19-6-4-3-5-7-19/h3-8H2,1-2H3,(H2,16,17,18). The van der Waals surface area contributed by atoms with Gasteiger partial charge in [0, 0.05) is 18.0 Å². The van der Waals surface area contributed by atoms with Crippen molar-refractivity contribution in [3.63, 3.8) is 0 Å². The Kier molecular flexibility index (Phi) is 4.54. The molecule has 0 saturated carbocycles. The van der Waals surface area contributed by atoms with Crippen molar-refractivity contribution in [1.29, 1.82) is 0 Å². The van der Waals surface area contributed by atoms with Gasteiger partial charge in [-0.3, -0.25) is 4.79 Å². The smallest absolute Gasteiger partial charge is 0.233 e. The highest BCUT2D eigenvalue weighted by atomic mass is 32.2. The summed E-state index contributed by atoms with van der Waals surface area (Å²) in [5.41, 5.74) is 7.22. The molecule has 1 amide bonds. The van der Waals surface area contributed by atoms with Crippen LogP contribution in [0.15, 0.2) is 5.16 Å². The van der Waals surface area contributed by atoms with E-state index in [1.165, 1.54) is 23.1 Å². The Hall–Kier alpha value is -1.34. The highest BCUT2D eigenvalue weighted by Crippen LogP contribution is 2.33. The summed E-state index contributed by atoms with van der Waals surface area (Å²) in [6.07, 6.45) is 3.45. The number of carbonyl (C=O) groups excluding carboxylic acids is 1. The van der Waals surface area contributed by atoms with Gasteiger partial charge >= 0.3 is 0 Å². The monoisotopic (exact) mass is 336 g/mol. The van der Waals surface area contributed by atoms with Gasteiger partial charge in [-0.1, -0.05) is 11.8 Å². The van der Waals surface area contributed by atoms with Crippen molar-refractivity contribution in [3.8, 4) is 0 Å². The molecule has 3 heterocycles. The first-order valence-corrected chi connectivity index (χ1v) is 9.30. The SMILES string of the molecule is Cc1sc2nc(SCC(=O)N3CCCCC3)nc(N)c2c1C. The topological polar surface area (TPSA) is 72.1 Å². The van der Waals surface area contributed by atoms with Crippen LogP contribution >= 0.6 is 23.1 Å². The van der Waals surface area contributed by atoms with Crippen LogP contribution in [0.1, 0.15) is 29.7 Å². The average Bonchev–Trinajstić information content (AvgIpc) is 2.81. The normalized spacial score (nSPS) is 15.5. The van der Waals surface area contributed by atoms with Gasteiger partial charge in [0.2, 0.25) is 5.91 Å². The number of rotatable bonds is 3. The minimum absolute atomic E-state index is 0.172. The zero-order valence-corrected chi connectivity index (χ0v) is 14.5. The first-order valence-electron chi connectivity index (χ1n) is 7.50. The molecule has 0 radical (unpaired) electrons. The van der Waals surface area contributed by atoms with Gasteiger partial charge in [-0.25, -0.2) is 9.97 Å². The summed E-state index contributed by atoms with van der Waals surface area (Å²) in [6, 6.07) is 0. The van der Waals surface area contributed by atoms with Crippen LogP contribution in [0.25, 0.3) is 10.2 Å². The van der Waals surface area contributed by atoms with Gasteiger partial charge in [-0.15, -0.1) is 11.3 Å². The lowest BCUT2D eigenvalue weighted by molar-refractivity contribution is -0.129. The molecule has 2 N–H and O–H groups in total. The van der Waals surface area contributed by atoms with Crippen LogP contribution in [0, 0.1) is 13.8 Å². The summed E-state index contributed by atoms with van der Waals surface area (Å²) in [5.74, 6) is 1.07. The van der Waals surface area contributed by atoms with Gasteiger partial charge in [-0.2, -0.15) is 0 Å². The Morgan fingerprint density at radius 2 is 2.00 bits per heavy atom. The van der Waals surface area contributed by atoms with Gasteiger partial charge in [-0.05, 0) is 38.7 Å². The van der Waals surface area contributed by atoms with Crippen LogP contribution in [0.3, 0.4) is 0 Å². The first-order chi connectivity index (χ1) is 10.6. The maximum absolute atomic E-state index is 12.2. The number of hydrogen-bond donors (Lipinski definition) is 1. The Balaban J connectivity index is 1.72. The van der Waals surface area contributed by atoms with Crippen LogP contribution in [-0.4, -0.2) is 39.6 Å². The largest absolute Gasteiger partial charge is 0.383 e. The zero-order chi connectivity index (χ0) is 15.7. The quantitative estimate of drug-likeness (QED) is 0.689. The fourth-order valence-corrected chi connectivity index (χ4v) is 4.53. The van der Waals surface area contributed by atoms with E-state index < -0.39 is 0 Å². The van der Waals surface area contributed by atoms with Crippen LogP contribution in [-0.2, 0) is 4.79 Å². The highest BCUT2D eigenvalue weighted by Gasteiger charge is 2.18. The summed E-state index contributed by atoms with van der Waals surface area (Å²) in [4.78, 5) is 25.2. The third kappa shape index (κ3) is 3.05. The molecule has 1 aliphatic heterocycles. The molecule has 0 aliphatic carbocycles. The number of fused-ring (bicyclic) bond motifs is 1. The highest BCUT2D eigenvalue weighted by molar-refractivity contribution is 7.99. The molecule has 2 aromatic heterocycles. The third-order valence-electron chi connectivity index (χ3n) is 4.07. The maximum Gasteiger partial charge on any atom is 0.233 e. The van der Waals surface area contributed by atoms with Crippen molar-refractivity contribution in [2.45, 2.75) is 38.3 Å². The molecule has 0 spiro atoms. The average molecular weight is 336 g/mol. The lowest BCUT2D eigenvalue weighted by Gasteiger charge is -2.26. The summed E-state index contributed by atoms with van der Waals surface area (Å²) >= 11 is 3.01. The number of anilines is 1. The summed E-state index contributed by atoms with van der Waals surface area (Å²) in [7, 11) is 0. The van der Waals surface area contributed by atoms with E-state index in [4.69, 9.17) is 5.73 Å². The summed E-state index contributed by atoms with van der Waals surface area (Å²) in [6.45, 7) is 5.86. The van der Waals surface area contributed by atoms with Gasteiger partial charge < -0.3 is 10.6 Å². The molecule has 1 aliphatic rings. The van der Waals surface area contributed by atoms with E-state index in [0.717, 1.165) is 41.7 Å². The van der Waals surface area contributed by atoms with Crippen molar-refractivity contribution in [2.24, 2.45) is 0 Å². The van der Waals surface area contributed by atoms with E-state index in [1.807, 2.05) is 11.8 Å². The summed E-state index contributed by atoms with van der Waals surface area (Å²) < 4.78 is 0. The van der Waals surface area contributed by atoms with Crippen LogP contribution in [0.2, 0.25) is 0 Å². The molecule has 0 atom stereocenters. The molecule has 7 heteroatoms. The number of nitrogen functional groups attached to an aromatic ring is 1. The molecular formula is C15H20N4OS2. The third-order valence-corrected chi connectivity index (χ3v) is 6.00. The van der Waals surface area contributed by atoms with Crippen molar-refractivity contribution in [2.75, 3.05) is 24.6 Å². The minimum atomic E-state index is 0.172. The number of aryl methyl sites for hydroxylation is 2. The Labute approximate surface area is 138 Å². The van der Waals surface area contributed by atoms with E-state index in [-0.39, 0.29) is 5.91 Å². The van der Waals surface area contributed by atoms with Gasteiger partial charge in [0.1, 0.15) is 10.6 Å². The van der Waals surface area contributed by atoms with E-state index in [9.17, 15) is 4.79 Å². The predicted molar refractivity (Wildman–Crippen MR) is 92.5 cm³/mol. The van der Waals surface area contributed by atoms with Crippen LogP contribution in [0.5, 0.6) is 0 Å². The number of hydrogen-bond acceptors (Lipinski definition) is 6. The van der Waals surface area contributed by atoms with E-state index in [2.05, 4.69) is 16.9 Å². The van der Waals surface area contributed by atoms with E-state index in [1.54, 1.807) is 11.3 Å². The molecule has 22 heavy (non-hydrogen) atoms. The Morgan fingerprint density at radius 1 is 1.27 bits per heavy atom. The van der Waals surface area contributed by atoms with Gasteiger partial charge in [0.15, 0.2) is 5.16 Å². The molecule has 0 aromatic carbocycles. The molecule has 1 fully saturated rings. The van der Waals surface area contributed by atoms with Crippen LogP contribution < -0.4 is 5.73 Å². The van der Waals surface area contributed by atoms with Crippen LogP contribution in [0.4, 0.5) is 5.82 Å². The molecule has 118 valence electrons. The molecule has 1 saturated heterocycles. The second-order valence-corrected chi connectivity index (χ2v) is 7.73. The lowest BCUT2D eigenvalue weighted by atomic mass is 10.1. The fourth-order valence-electron chi connectivity index (χ4n) is 2.69. The maximum atomic E-state index is 12.2. The second-order valence-electron chi connectivity index (χ2n) is 5.58. The van der Waals surface area contributed by atoms with E-state index in [0.29, 0.717) is 16.7 Å². The molecule has 2 aromatic rings. The number of amides is 1. The second kappa shape index (κ2) is 6.42. The number of aromatic nitrogens is 2. The van der Waals surface area contributed by atoms with Crippen molar-refractivity contribution in [3.05, 3.63) is 10.4 Å². The van der Waals surface area contributed by atoms with Crippen molar-refractivity contribution >= 4 is 45.0 Å². The van der Waals surface area contributed by atoms with Crippen molar-refractivity contribution in [1.82, 2.24) is 14.9 Å². The minimum Gasteiger partial charge on any atom is -0.383 e. The Morgan fingerprint density at radius 3 is 2.73 bits per heavy atom. The lowest BCUT2D eigenvalue weighted by Crippen LogP contribution is -2.36. The molecule has 3 rings (SSSR count). The first kappa shape index (κ1) is 15.6. The molecule has 5 nitrogen and oxygen atoms in total. The van der Waals surface area contributed by atoms with Crippen molar-refractivity contribution < 1.29 is 4.79 Å². The Bertz CT molecular complexity index is 707. The molecule has 0 unspecified atom stereocenters. The molecule has 0 bridgehead atoms. The number of thiophene rings is 1. The predicted octanol–water partition coefficient (Wildman–Crippen LogP) is 2.99. The number of nitrogens with two attached hydrogens (primary N) is 1.